The van der Waals surface area contributed by atoms with Crippen molar-refractivity contribution in [3.8, 4) is 17.1 Å². The van der Waals surface area contributed by atoms with Crippen molar-refractivity contribution in [3.63, 3.8) is 0 Å². The van der Waals surface area contributed by atoms with E-state index in [9.17, 15) is 18.3 Å². The summed E-state index contributed by atoms with van der Waals surface area (Å²) in [6.07, 6.45) is -2.14. The zero-order valence-corrected chi connectivity index (χ0v) is 40.8. The molecule has 19 heteroatoms. The standard InChI is InChI=1S/C43H56BrN7O8S2Si/c1-42(2,3)50(41(52)53)30-35(59-62(8,9)43(4,5)6)26-45-60(54,55)37-25-24-36(44)38(40-46-48-51(47-40)29-33-20-22-34(58-7)23-21-33)39(37)61(56,57)49(27-31-16-12-10-13-17-31)28-32-18-14-11-15-19-32/h10-25,35,45H,26-30H2,1-9H3,(H,52,53)/t35-/m0/s1. The molecule has 334 valence electrons. The summed E-state index contributed by atoms with van der Waals surface area (Å²) in [4.78, 5) is 13.9. The molecular weight excluding hydrogens is 915 g/mol. The number of aromatic nitrogens is 4. The minimum atomic E-state index is -4.76. The quantitative estimate of drug-likeness (QED) is 0.0811. The second kappa shape index (κ2) is 19.5. The van der Waals surface area contributed by atoms with Crippen LogP contribution in [0.3, 0.4) is 0 Å². The van der Waals surface area contributed by atoms with E-state index >= 15 is 8.42 Å². The van der Waals surface area contributed by atoms with Gasteiger partial charge in [0, 0.05) is 29.6 Å². The fourth-order valence-corrected chi connectivity index (χ4v) is 11.8. The number of sulfonamides is 2. The maximum Gasteiger partial charge on any atom is 0.407 e. The van der Waals surface area contributed by atoms with Gasteiger partial charge in [-0.1, -0.05) is 93.6 Å². The Hall–Kier alpha value is -4.50. The van der Waals surface area contributed by atoms with Gasteiger partial charge in [-0.2, -0.15) is 9.10 Å². The molecule has 0 fully saturated rings. The molecule has 1 heterocycles. The monoisotopic (exact) mass is 969 g/mol. The summed E-state index contributed by atoms with van der Waals surface area (Å²) in [5.41, 5.74) is 1.19. The van der Waals surface area contributed by atoms with E-state index in [0.717, 1.165) is 5.56 Å². The molecule has 1 amide bonds. The molecule has 4 aromatic carbocycles. The molecule has 0 aliphatic carbocycles. The number of tetrazole rings is 1. The number of carboxylic acid groups (broad SMARTS) is 1. The van der Waals surface area contributed by atoms with Crippen LogP contribution in [0.5, 0.6) is 5.75 Å². The molecule has 0 spiro atoms. The lowest BCUT2D eigenvalue weighted by Crippen LogP contribution is -2.55. The Morgan fingerprint density at radius 2 is 1.42 bits per heavy atom. The summed E-state index contributed by atoms with van der Waals surface area (Å²) in [7, 11) is -10.5. The van der Waals surface area contributed by atoms with Crippen molar-refractivity contribution < 1.29 is 35.9 Å². The van der Waals surface area contributed by atoms with E-state index in [4.69, 9.17) is 9.16 Å². The molecule has 0 saturated heterocycles. The Labute approximate surface area is 374 Å². The van der Waals surface area contributed by atoms with Gasteiger partial charge >= 0.3 is 6.09 Å². The van der Waals surface area contributed by atoms with E-state index in [0.29, 0.717) is 16.9 Å². The fourth-order valence-electron chi connectivity index (χ4n) is 6.31. The number of ether oxygens (including phenoxy) is 1. The van der Waals surface area contributed by atoms with Crippen molar-refractivity contribution in [3.05, 3.63) is 118 Å². The third kappa shape index (κ3) is 11.9. The number of amides is 1. The van der Waals surface area contributed by atoms with E-state index in [2.05, 4.69) is 36.1 Å². The molecule has 0 aliphatic rings. The van der Waals surface area contributed by atoms with Crippen LogP contribution < -0.4 is 9.46 Å². The van der Waals surface area contributed by atoms with Crippen LogP contribution in [0.2, 0.25) is 18.1 Å². The molecule has 2 N–H and O–H groups in total. The van der Waals surface area contributed by atoms with Crippen LogP contribution in [0.4, 0.5) is 4.79 Å². The lowest BCUT2D eigenvalue weighted by atomic mass is 10.1. The Balaban J connectivity index is 1.67. The zero-order chi connectivity index (χ0) is 45.7. The Kier molecular flexibility index (Phi) is 15.3. The van der Waals surface area contributed by atoms with Gasteiger partial charge in [-0.05, 0) is 101 Å². The van der Waals surface area contributed by atoms with Gasteiger partial charge in [-0.3, -0.25) is 0 Å². The SMILES string of the molecule is COc1ccc(Cn2nnc(-c3c(Br)ccc(S(=O)(=O)NC[C@@H](CN(C(=O)O)C(C)(C)C)O[Si](C)(C)C(C)(C)C)c3S(=O)(=O)N(Cc3ccccc3)Cc3ccccc3)n2)cc1. The average molecular weight is 971 g/mol. The third-order valence-corrected chi connectivity index (χ3v) is 19.4. The van der Waals surface area contributed by atoms with Crippen molar-refractivity contribution in [1.82, 2.24) is 34.1 Å². The molecule has 0 aliphatic heterocycles. The maximum absolute atomic E-state index is 15.5. The summed E-state index contributed by atoms with van der Waals surface area (Å²) in [5.74, 6) is 0.523. The highest BCUT2D eigenvalue weighted by atomic mass is 79.9. The van der Waals surface area contributed by atoms with E-state index in [-0.39, 0.29) is 53.6 Å². The highest BCUT2D eigenvalue weighted by molar-refractivity contribution is 9.10. The number of benzene rings is 4. The first-order valence-electron chi connectivity index (χ1n) is 19.9. The van der Waals surface area contributed by atoms with Crippen LogP contribution in [0.1, 0.15) is 58.2 Å². The van der Waals surface area contributed by atoms with Crippen molar-refractivity contribution >= 4 is 50.4 Å². The summed E-state index contributed by atoms with van der Waals surface area (Å²) >= 11 is 3.52. The van der Waals surface area contributed by atoms with Gasteiger partial charge in [-0.25, -0.2) is 26.4 Å². The number of rotatable bonds is 18. The van der Waals surface area contributed by atoms with Gasteiger partial charge in [0.05, 0.1) is 31.9 Å². The van der Waals surface area contributed by atoms with Crippen LogP contribution in [-0.2, 0) is 44.1 Å². The van der Waals surface area contributed by atoms with Crippen LogP contribution in [0, 0.1) is 0 Å². The van der Waals surface area contributed by atoms with Crippen molar-refractivity contribution in [1.29, 1.82) is 0 Å². The molecule has 5 aromatic rings. The Morgan fingerprint density at radius 3 is 1.92 bits per heavy atom. The smallest absolute Gasteiger partial charge is 0.407 e. The number of hydrogen-bond donors (Lipinski definition) is 2. The number of nitrogens with one attached hydrogen (secondary N) is 1. The van der Waals surface area contributed by atoms with Crippen LogP contribution >= 0.6 is 15.9 Å². The molecule has 0 unspecified atom stereocenters. The van der Waals surface area contributed by atoms with Gasteiger partial charge in [0.1, 0.15) is 15.5 Å². The van der Waals surface area contributed by atoms with E-state index in [1.165, 1.54) is 26.1 Å². The topological polar surface area (TPSA) is 186 Å². The minimum Gasteiger partial charge on any atom is -0.497 e. The van der Waals surface area contributed by atoms with Crippen LogP contribution in [0.25, 0.3) is 11.4 Å². The van der Waals surface area contributed by atoms with Crippen molar-refractivity contribution in [2.24, 2.45) is 0 Å². The number of hydrogen-bond acceptors (Lipinski definition) is 10. The van der Waals surface area contributed by atoms with Gasteiger partial charge in [0.25, 0.3) is 0 Å². The second-order valence-corrected chi connectivity index (χ2v) is 26.6. The molecule has 0 bridgehead atoms. The summed E-state index contributed by atoms with van der Waals surface area (Å²) in [6, 6.07) is 27.9. The van der Waals surface area contributed by atoms with Crippen molar-refractivity contribution in [2.45, 2.75) is 101 Å². The van der Waals surface area contributed by atoms with Gasteiger partial charge in [0.15, 0.2) is 8.32 Å². The Bertz CT molecular complexity index is 2490. The summed E-state index contributed by atoms with van der Waals surface area (Å²) in [5, 5.41) is 23.0. The first-order valence-corrected chi connectivity index (χ1v) is 26.5. The van der Waals surface area contributed by atoms with Gasteiger partial charge in [0.2, 0.25) is 25.9 Å². The fraction of sp³-hybridized carbons (Fsp3) is 0.395. The second-order valence-electron chi connectivity index (χ2n) is 17.4. The first kappa shape index (κ1) is 48.5. The zero-order valence-electron chi connectivity index (χ0n) is 36.5. The van der Waals surface area contributed by atoms with Gasteiger partial charge < -0.3 is 19.2 Å². The number of nitrogens with zero attached hydrogens (tertiary/aromatic N) is 6. The maximum atomic E-state index is 15.5. The summed E-state index contributed by atoms with van der Waals surface area (Å²) in [6.45, 7) is 14.7. The van der Waals surface area contributed by atoms with Crippen LogP contribution in [0.15, 0.2) is 111 Å². The summed E-state index contributed by atoms with van der Waals surface area (Å²) < 4.78 is 76.8. The van der Waals surface area contributed by atoms with E-state index in [1.54, 1.807) is 88.5 Å². The van der Waals surface area contributed by atoms with Gasteiger partial charge in [-0.15, -0.1) is 10.2 Å². The Morgan fingerprint density at radius 1 is 0.855 bits per heavy atom. The molecule has 62 heavy (non-hydrogen) atoms. The largest absolute Gasteiger partial charge is 0.497 e. The molecule has 15 nitrogen and oxygen atoms in total. The molecule has 0 radical (unpaired) electrons. The normalized spacial score (nSPS) is 13.3. The first-order chi connectivity index (χ1) is 28.9. The van der Waals surface area contributed by atoms with Crippen LogP contribution in [-0.4, -0.2) is 97.6 Å². The predicted molar refractivity (Wildman–Crippen MR) is 244 cm³/mol. The highest BCUT2D eigenvalue weighted by Crippen LogP contribution is 2.40. The number of methoxy groups -OCH3 is 1. The number of halogens is 1. The van der Waals surface area contributed by atoms with E-state index < -0.39 is 55.9 Å². The molecule has 5 rings (SSSR count). The molecule has 1 atom stereocenters. The average Bonchev–Trinajstić information content (AvgIpc) is 3.66. The minimum absolute atomic E-state index is 0.102. The third-order valence-electron chi connectivity index (χ3n) is 10.7. The van der Waals surface area contributed by atoms with Crippen molar-refractivity contribution in [2.75, 3.05) is 20.2 Å². The number of carbonyl (C=O) groups is 1. The highest BCUT2D eigenvalue weighted by Gasteiger charge is 2.42. The molecular formula is C43H56BrN7O8S2Si. The lowest BCUT2D eigenvalue weighted by molar-refractivity contribution is 0.0615. The molecule has 0 saturated carbocycles. The lowest BCUT2D eigenvalue weighted by Gasteiger charge is -2.42. The molecule has 1 aromatic heterocycles. The van der Waals surface area contributed by atoms with E-state index in [1.807, 2.05) is 58.1 Å². The predicted octanol–water partition coefficient (Wildman–Crippen LogP) is 8.00.